The molecule has 0 amide bonds. The molecule has 1 N–H and O–H groups in total. The van der Waals surface area contributed by atoms with Gasteiger partial charge in [0.25, 0.3) is 10.2 Å². The summed E-state index contributed by atoms with van der Waals surface area (Å²) in [6.07, 6.45) is 6.25. The molecule has 0 spiro atoms. The predicted octanol–water partition coefficient (Wildman–Crippen LogP) is 1.67. The van der Waals surface area contributed by atoms with Crippen molar-refractivity contribution in [2.75, 3.05) is 33.7 Å². The van der Waals surface area contributed by atoms with Crippen LogP contribution in [0.5, 0.6) is 0 Å². The van der Waals surface area contributed by atoms with Gasteiger partial charge in [-0.1, -0.05) is 6.92 Å². The Morgan fingerprint density at radius 1 is 1.10 bits per heavy atom. The SMILES string of the molecule is CNCC1CCN(S(=O)(=O)N(C)C2CCC(C)CC2)CC1. The molecule has 124 valence electrons. The van der Waals surface area contributed by atoms with E-state index in [2.05, 4.69) is 12.2 Å². The maximum atomic E-state index is 12.8. The Morgan fingerprint density at radius 3 is 2.19 bits per heavy atom. The maximum Gasteiger partial charge on any atom is 0.281 e. The van der Waals surface area contributed by atoms with Crippen molar-refractivity contribution in [1.29, 1.82) is 0 Å². The van der Waals surface area contributed by atoms with Crippen LogP contribution in [0.15, 0.2) is 0 Å². The van der Waals surface area contributed by atoms with Gasteiger partial charge in [0.15, 0.2) is 0 Å². The minimum atomic E-state index is -3.27. The van der Waals surface area contributed by atoms with E-state index in [9.17, 15) is 8.42 Å². The Morgan fingerprint density at radius 2 is 1.67 bits per heavy atom. The van der Waals surface area contributed by atoms with Crippen LogP contribution in [0.3, 0.4) is 0 Å². The van der Waals surface area contributed by atoms with Gasteiger partial charge in [-0.3, -0.25) is 0 Å². The monoisotopic (exact) mass is 317 g/mol. The second-order valence-electron chi connectivity index (χ2n) is 6.84. The molecule has 2 aliphatic rings. The lowest BCUT2D eigenvalue weighted by atomic mass is 9.87. The van der Waals surface area contributed by atoms with E-state index in [0.29, 0.717) is 19.0 Å². The minimum absolute atomic E-state index is 0.196. The zero-order chi connectivity index (χ0) is 15.5. The number of rotatable bonds is 5. The lowest BCUT2D eigenvalue weighted by Gasteiger charge is -2.38. The van der Waals surface area contributed by atoms with Crippen molar-refractivity contribution in [2.45, 2.75) is 51.5 Å². The Kier molecular flexibility index (Phi) is 6.05. The van der Waals surface area contributed by atoms with Crippen LogP contribution in [-0.4, -0.2) is 56.8 Å². The van der Waals surface area contributed by atoms with Crippen LogP contribution in [0.25, 0.3) is 0 Å². The summed E-state index contributed by atoms with van der Waals surface area (Å²) >= 11 is 0. The lowest BCUT2D eigenvalue weighted by molar-refractivity contribution is 0.214. The van der Waals surface area contributed by atoms with Crippen molar-refractivity contribution in [3.8, 4) is 0 Å². The van der Waals surface area contributed by atoms with Crippen LogP contribution in [0, 0.1) is 11.8 Å². The van der Waals surface area contributed by atoms with Crippen molar-refractivity contribution in [2.24, 2.45) is 11.8 Å². The molecule has 0 aromatic carbocycles. The molecule has 2 fully saturated rings. The normalized spacial score (nSPS) is 29.9. The first kappa shape index (κ1) is 17.2. The molecule has 0 aromatic heterocycles. The highest BCUT2D eigenvalue weighted by Crippen LogP contribution is 2.29. The van der Waals surface area contributed by atoms with Crippen molar-refractivity contribution in [1.82, 2.24) is 13.9 Å². The molecular formula is C15H31N3O2S. The third-order valence-corrected chi connectivity index (χ3v) is 7.30. The van der Waals surface area contributed by atoms with Crippen molar-refractivity contribution in [3.05, 3.63) is 0 Å². The van der Waals surface area contributed by atoms with Gasteiger partial charge in [0, 0.05) is 26.2 Å². The topological polar surface area (TPSA) is 52.7 Å². The number of nitrogens with one attached hydrogen (secondary N) is 1. The smallest absolute Gasteiger partial charge is 0.281 e. The highest BCUT2D eigenvalue weighted by atomic mass is 32.2. The van der Waals surface area contributed by atoms with Crippen molar-refractivity contribution < 1.29 is 8.42 Å². The molecule has 0 bridgehead atoms. The fourth-order valence-electron chi connectivity index (χ4n) is 3.61. The molecule has 1 aliphatic carbocycles. The maximum absolute atomic E-state index is 12.8. The van der Waals surface area contributed by atoms with Crippen LogP contribution in [0.2, 0.25) is 0 Å². The number of nitrogens with zero attached hydrogens (tertiary/aromatic N) is 2. The van der Waals surface area contributed by atoms with E-state index in [4.69, 9.17) is 0 Å². The van der Waals surface area contributed by atoms with Crippen LogP contribution < -0.4 is 5.32 Å². The second-order valence-corrected chi connectivity index (χ2v) is 8.83. The van der Waals surface area contributed by atoms with Gasteiger partial charge in [0.05, 0.1) is 0 Å². The molecular weight excluding hydrogens is 286 g/mol. The van der Waals surface area contributed by atoms with E-state index in [1.165, 1.54) is 0 Å². The van der Waals surface area contributed by atoms with Gasteiger partial charge in [0.1, 0.15) is 0 Å². The Hall–Kier alpha value is -0.170. The standard InChI is InChI=1S/C15H31N3O2S/c1-13-4-6-15(7-5-13)17(3)21(19,20)18-10-8-14(9-11-18)12-16-2/h13-16H,4-12H2,1-3H3. The summed E-state index contributed by atoms with van der Waals surface area (Å²) in [6.45, 7) is 4.59. The molecule has 1 saturated heterocycles. The van der Waals surface area contributed by atoms with Gasteiger partial charge in [-0.25, -0.2) is 0 Å². The van der Waals surface area contributed by atoms with E-state index in [0.717, 1.165) is 51.0 Å². The first-order valence-corrected chi connectivity index (χ1v) is 9.72. The molecule has 1 aliphatic heterocycles. The minimum Gasteiger partial charge on any atom is -0.319 e. The van der Waals surface area contributed by atoms with Gasteiger partial charge in [-0.05, 0) is 64.0 Å². The van der Waals surface area contributed by atoms with E-state index >= 15 is 0 Å². The van der Waals surface area contributed by atoms with Gasteiger partial charge < -0.3 is 5.32 Å². The fraction of sp³-hybridized carbons (Fsp3) is 1.00. The average molecular weight is 317 g/mol. The molecule has 6 heteroatoms. The average Bonchev–Trinajstić information content (AvgIpc) is 2.48. The quantitative estimate of drug-likeness (QED) is 0.839. The predicted molar refractivity (Wildman–Crippen MR) is 86.3 cm³/mol. The van der Waals surface area contributed by atoms with E-state index in [1.54, 1.807) is 15.7 Å². The fourth-order valence-corrected chi connectivity index (χ4v) is 5.23. The zero-order valence-electron chi connectivity index (χ0n) is 13.7. The molecule has 0 radical (unpaired) electrons. The van der Waals surface area contributed by atoms with E-state index < -0.39 is 10.2 Å². The number of piperidine rings is 1. The van der Waals surface area contributed by atoms with Crippen LogP contribution in [0.1, 0.15) is 45.4 Å². The first-order valence-electron chi connectivity index (χ1n) is 8.32. The highest BCUT2D eigenvalue weighted by Gasteiger charge is 2.35. The van der Waals surface area contributed by atoms with Crippen LogP contribution in [-0.2, 0) is 10.2 Å². The second kappa shape index (κ2) is 7.40. The zero-order valence-corrected chi connectivity index (χ0v) is 14.5. The van der Waals surface area contributed by atoms with Crippen molar-refractivity contribution >= 4 is 10.2 Å². The van der Waals surface area contributed by atoms with Crippen LogP contribution >= 0.6 is 0 Å². The summed E-state index contributed by atoms with van der Waals surface area (Å²) in [4.78, 5) is 0. The summed E-state index contributed by atoms with van der Waals surface area (Å²) < 4.78 is 28.9. The summed E-state index contributed by atoms with van der Waals surface area (Å²) in [6, 6.07) is 0.196. The summed E-state index contributed by atoms with van der Waals surface area (Å²) in [5.41, 5.74) is 0. The molecule has 5 nitrogen and oxygen atoms in total. The molecule has 1 saturated carbocycles. The summed E-state index contributed by atoms with van der Waals surface area (Å²) in [5.74, 6) is 1.36. The van der Waals surface area contributed by atoms with Gasteiger partial charge >= 0.3 is 0 Å². The van der Waals surface area contributed by atoms with Crippen molar-refractivity contribution in [3.63, 3.8) is 0 Å². The summed E-state index contributed by atoms with van der Waals surface area (Å²) in [7, 11) is 0.462. The first-order chi connectivity index (χ1) is 9.95. The third-order valence-electron chi connectivity index (χ3n) is 5.26. The Labute approximate surface area is 130 Å². The molecule has 0 atom stereocenters. The van der Waals surface area contributed by atoms with Crippen LogP contribution in [0.4, 0.5) is 0 Å². The lowest BCUT2D eigenvalue weighted by Crippen LogP contribution is -2.50. The number of hydrogen-bond acceptors (Lipinski definition) is 3. The number of hydrogen-bond donors (Lipinski definition) is 1. The highest BCUT2D eigenvalue weighted by molar-refractivity contribution is 7.86. The molecule has 1 heterocycles. The molecule has 0 unspecified atom stereocenters. The van der Waals surface area contributed by atoms with Gasteiger partial charge in [0.2, 0.25) is 0 Å². The van der Waals surface area contributed by atoms with Gasteiger partial charge in [-0.15, -0.1) is 0 Å². The Balaban J connectivity index is 1.92. The third kappa shape index (κ3) is 4.18. The summed E-state index contributed by atoms with van der Waals surface area (Å²) in [5, 5.41) is 3.19. The molecule has 0 aromatic rings. The van der Waals surface area contributed by atoms with E-state index in [-0.39, 0.29) is 6.04 Å². The molecule has 21 heavy (non-hydrogen) atoms. The van der Waals surface area contributed by atoms with E-state index in [1.807, 2.05) is 7.05 Å². The largest absolute Gasteiger partial charge is 0.319 e. The molecule has 2 rings (SSSR count). The van der Waals surface area contributed by atoms with Gasteiger partial charge in [-0.2, -0.15) is 17.0 Å². The Bertz CT molecular complexity index is 411.